The van der Waals surface area contributed by atoms with Crippen molar-refractivity contribution in [1.29, 1.82) is 0 Å². The Morgan fingerprint density at radius 1 is 0.914 bits per heavy atom. The van der Waals surface area contributed by atoms with Gasteiger partial charge in [0.25, 0.3) is 5.91 Å². The zero-order chi connectivity index (χ0) is 24.5. The van der Waals surface area contributed by atoms with Gasteiger partial charge in [0.05, 0.1) is 24.3 Å². The zero-order valence-corrected chi connectivity index (χ0v) is 20.1. The summed E-state index contributed by atoms with van der Waals surface area (Å²) in [6.07, 6.45) is -0.891. The van der Waals surface area contributed by atoms with Crippen LogP contribution in [0.15, 0.2) is 72.8 Å². The Balaban J connectivity index is 1.42. The van der Waals surface area contributed by atoms with Crippen molar-refractivity contribution in [3.63, 3.8) is 0 Å². The van der Waals surface area contributed by atoms with Crippen LogP contribution in [0.3, 0.4) is 0 Å². The molecule has 2 aliphatic rings. The maximum Gasteiger partial charge on any atom is 0.265 e. The van der Waals surface area contributed by atoms with Crippen LogP contribution in [0, 0.1) is 5.92 Å². The van der Waals surface area contributed by atoms with Gasteiger partial charge in [0, 0.05) is 12.1 Å². The number of halogens is 1. The van der Waals surface area contributed by atoms with E-state index < -0.39 is 18.1 Å². The molecule has 2 saturated heterocycles. The highest BCUT2D eigenvalue weighted by molar-refractivity contribution is 6.31. The summed E-state index contributed by atoms with van der Waals surface area (Å²) in [6.45, 7) is 2.76. The van der Waals surface area contributed by atoms with Crippen LogP contribution in [0.25, 0.3) is 0 Å². The molecule has 3 aromatic rings. The third-order valence-electron chi connectivity index (χ3n) is 6.24. The number of carbonyl (C=O) groups is 2. The third-order valence-corrected chi connectivity index (χ3v) is 6.49. The molecule has 0 aliphatic carbocycles. The topological polar surface area (TPSA) is 68.3 Å². The fourth-order valence-corrected chi connectivity index (χ4v) is 4.77. The first-order chi connectivity index (χ1) is 17.0. The molecule has 2 heterocycles. The molecule has 0 radical (unpaired) electrons. The number of imide groups is 1. The molecule has 0 saturated carbocycles. The molecular formula is C27H25ClN2O5. The number of ether oxygens (including phenoxy) is 2. The number of rotatable bonds is 7. The summed E-state index contributed by atoms with van der Waals surface area (Å²) in [6, 6.07) is 21.6. The lowest BCUT2D eigenvalue weighted by Gasteiger charge is -2.25. The van der Waals surface area contributed by atoms with E-state index in [2.05, 4.69) is 0 Å². The molecule has 0 bridgehead atoms. The molecule has 2 amide bonds. The van der Waals surface area contributed by atoms with Gasteiger partial charge in [0.1, 0.15) is 6.61 Å². The van der Waals surface area contributed by atoms with Crippen molar-refractivity contribution >= 4 is 29.1 Å². The highest BCUT2D eigenvalue weighted by Gasteiger charge is 2.59. The van der Waals surface area contributed by atoms with E-state index in [-0.39, 0.29) is 11.8 Å². The maximum absolute atomic E-state index is 13.5. The summed E-state index contributed by atoms with van der Waals surface area (Å²) in [4.78, 5) is 33.6. The van der Waals surface area contributed by atoms with E-state index in [1.165, 1.54) is 4.90 Å². The summed E-state index contributed by atoms with van der Waals surface area (Å²) < 4.78 is 11.9. The molecule has 35 heavy (non-hydrogen) atoms. The smallest absolute Gasteiger partial charge is 0.265 e. The number of nitrogens with zero attached hydrogens (tertiary/aromatic N) is 2. The normalized spacial score (nSPS) is 21.9. The average molecular weight is 493 g/mol. The van der Waals surface area contributed by atoms with Crippen molar-refractivity contribution in [3.05, 3.63) is 88.9 Å². The first-order valence-electron chi connectivity index (χ1n) is 11.4. The Kier molecular flexibility index (Phi) is 6.47. The first-order valence-corrected chi connectivity index (χ1v) is 11.8. The molecule has 5 rings (SSSR count). The van der Waals surface area contributed by atoms with Crippen LogP contribution in [-0.2, 0) is 21.0 Å². The van der Waals surface area contributed by atoms with Gasteiger partial charge in [-0.2, -0.15) is 5.06 Å². The number of carbonyl (C=O) groups excluding carboxylic acids is 2. The maximum atomic E-state index is 13.5. The molecular weight excluding hydrogens is 468 g/mol. The minimum Gasteiger partial charge on any atom is -0.490 e. The minimum absolute atomic E-state index is 0.306. The standard InChI is InChI=1S/C27H25ClN2O5/c1-3-33-22-15-18(9-14-21(22)34-16-17-7-5-4-6-8-17)24-23-25(35-29(24)2)27(32)30(26(23)31)20-12-10-19(28)11-13-20/h4-15,23-25H,3,16H2,1-2H3/t23-,24-,25-/m0/s1. The molecule has 3 aromatic carbocycles. The van der Waals surface area contributed by atoms with Crippen LogP contribution in [-0.4, -0.2) is 36.6 Å². The van der Waals surface area contributed by atoms with E-state index >= 15 is 0 Å². The molecule has 0 N–H and O–H groups in total. The Labute approximate surface area is 208 Å². The van der Waals surface area contributed by atoms with Crippen LogP contribution in [0.1, 0.15) is 24.1 Å². The van der Waals surface area contributed by atoms with Gasteiger partial charge in [0.15, 0.2) is 17.6 Å². The van der Waals surface area contributed by atoms with Gasteiger partial charge in [-0.1, -0.05) is 48.0 Å². The molecule has 0 unspecified atom stereocenters. The Morgan fingerprint density at radius 2 is 1.66 bits per heavy atom. The second-order valence-corrected chi connectivity index (χ2v) is 8.88. The van der Waals surface area contributed by atoms with Gasteiger partial charge in [-0.15, -0.1) is 0 Å². The Morgan fingerprint density at radius 3 is 2.37 bits per heavy atom. The molecule has 180 valence electrons. The number of hydroxylamine groups is 2. The number of hydrogen-bond donors (Lipinski definition) is 0. The van der Waals surface area contributed by atoms with E-state index in [0.29, 0.717) is 35.4 Å². The number of amides is 2. The number of hydrogen-bond acceptors (Lipinski definition) is 6. The fraction of sp³-hybridized carbons (Fsp3) is 0.259. The monoisotopic (exact) mass is 492 g/mol. The van der Waals surface area contributed by atoms with Gasteiger partial charge in [0.2, 0.25) is 5.91 Å². The molecule has 2 fully saturated rings. The predicted octanol–water partition coefficient (Wildman–Crippen LogP) is 4.79. The van der Waals surface area contributed by atoms with Crippen molar-refractivity contribution in [1.82, 2.24) is 5.06 Å². The van der Waals surface area contributed by atoms with Gasteiger partial charge < -0.3 is 9.47 Å². The minimum atomic E-state index is -0.891. The van der Waals surface area contributed by atoms with Gasteiger partial charge in [-0.3, -0.25) is 14.4 Å². The lowest BCUT2D eigenvalue weighted by molar-refractivity contribution is -0.160. The summed E-state index contributed by atoms with van der Waals surface area (Å²) >= 11 is 5.98. The van der Waals surface area contributed by atoms with Crippen LogP contribution < -0.4 is 14.4 Å². The van der Waals surface area contributed by atoms with Crippen LogP contribution in [0.2, 0.25) is 5.02 Å². The second kappa shape index (κ2) is 9.70. The molecule has 0 aromatic heterocycles. The number of fused-ring (bicyclic) bond motifs is 1. The largest absolute Gasteiger partial charge is 0.490 e. The zero-order valence-electron chi connectivity index (χ0n) is 19.4. The summed E-state index contributed by atoms with van der Waals surface area (Å²) in [5.41, 5.74) is 2.32. The molecule has 3 atom stereocenters. The Hall–Kier alpha value is -3.39. The third kappa shape index (κ3) is 4.38. The Bertz CT molecular complexity index is 1230. The number of anilines is 1. The van der Waals surface area contributed by atoms with Crippen molar-refractivity contribution in [3.8, 4) is 11.5 Å². The number of benzene rings is 3. The SMILES string of the molecule is CCOc1cc([C@H]2[C@@H]3C(=O)N(c4ccc(Cl)cc4)C(=O)[C@H]3ON2C)ccc1OCc1ccccc1. The van der Waals surface area contributed by atoms with Crippen LogP contribution in [0.5, 0.6) is 11.5 Å². The van der Waals surface area contributed by atoms with E-state index in [9.17, 15) is 9.59 Å². The van der Waals surface area contributed by atoms with Crippen molar-refractivity contribution in [2.75, 3.05) is 18.6 Å². The molecule has 8 heteroatoms. The molecule has 2 aliphatic heterocycles. The van der Waals surface area contributed by atoms with Gasteiger partial charge in [-0.25, -0.2) is 4.90 Å². The lowest BCUT2D eigenvalue weighted by atomic mass is 9.91. The highest BCUT2D eigenvalue weighted by Crippen LogP contribution is 2.46. The fourth-order valence-electron chi connectivity index (χ4n) is 4.64. The molecule has 7 nitrogen and oxygen atoms in total. The van der Waals surface area contributed by atoms with Gasteiger partial charge >= 0.3 is 0 Å². The van der Waals surface area contributed by atoms with Crippen molar-refractivity contribution in [2.24, 2.45) is 5.92 Å². The summed E-state index contributed by atoms with van der Waals surface area (Å²) in [5, 5.41) is 2.11. The predicted molar refractivity (Wildman–Crippen MR) is 131 cm³/mol. The first kappa shape index (κ1) is 23.4. The van der Waals surface area contributed by atoms with E-state index in [0.717, 1.165) is 11.1 Å². The van der Waals surface area contributed by atoms with E-state index in [4.69, 9.17) is 25.9 Å². The quantitative estimate of drug-likeness (QED) is 0.442. The highest BCUT2D eigenvalue weighted by atomic mass is 35.5. The van der Waals surface area contributed by atoms with Crippen LogP contribution in [0.4, 0.5) is 5.69 Å². The lowest BCUT2D eigenvalue weighted by Crippen LogP contribution is -2.36. The van der Waals surface area contributed by atoms with Crippen molar-refractivity contribution in [2.45, 2.75) is 25.7 Å². The van der Waals surface area contributed by atoms with Crippen LogP contribution >= 0.6 is 11.6 Å². The second-order valence-electron chi connectivity index (χ2n) is 8.44. The summed E-state index contributed by atoms with van der Waals surface area (Å²) in [7, 11) is 1.73. The average Bonchev–Trinajstić information content (AvgIpc) is 3.33. The van der Waals surface area contributed by atoms with E-state index in [1.54, 1.807) is 36.4 Å². The summed E-state index contributed by atoms with van der Waals surface area (Å²) in [5.74, 6) is -0.199. The van der Waals surface area contributed by atoms with Crippen molar-refractivity contribution < 1.29 is 23.9 Å². The van der Waals surface area contributed by atoms with Gasteiger partial charge in [-0.05, 0) is 54.4 Å². The van der Waals surface area contributed by atoms with E-state index in [1.807, 2.05) is 55.5 Å². The molecule has 0 spiro atoms.